The van der Waals surface area contributed by atoms with Crippen molar-refractivity contribution in [3.63, 3.8) is 0 Å². The molecule has 2 N–H and O–H groups in total. The minimum Gasteiger partial charge on any atom is -0.480 e. The average Bonchev–Trinajstić information content (AvgIpc) is 2.50. The number of carbonyl (C=O) groups excluding carboxylic acids is 1. The molecule has 2 rings (SSSR count). The molecule has 0 bridgehead atoms. The van der Waals surface area contributed by atoms with Crippen molar-refractivity contribution in [1.82, 2.24) is 5.32 Å². The van der Waals surface area contributed by atoms with Crippen molar-refractivity contribution in [1.29, 1.82) is 0 Å². The molecule has 1 unspecified atom stereocenters. The largest absolute Gasteiger partial charge is 0.480 e. The van der Waals surface area contributed by atoms with E-state index in [0.29, 0.717) is 17.7 Å². The molecule has 0 saturated carbocycles. The molecule has 2 aromatic rings. The molecule has 4 nitrogen and oxygen atoms in total. The molecule has 21 heavy (non-hydrogen) atoms. The van der Waals surface area contributed by atoms with Crippen LogP contribution in [0.1, 0.15) is 16.8 Å². The molecule has 0 spiro atoms. The van der Waals surface area contributed by atoms with Gasteiger partial charge in [0.05, 0.1) is 0 Å². The van der Waals surface area contributed by atoms with Crippen molar-refractivity contribution in [2.24, 2.45) is 0 Å². The van der Waals surface area contributed by atoms with E-state index in [4.69, 9.17) is 0 Å². The lowest BCUT2D eigenvalue weighted by molar-refractivity contribution is -0.139. The highest BCUT2D eigenvalue weighted by molar-refractivity contribution is 7.98. The van der Waals surface area contributed by atoms with Crippen LogP contribution in [0.2, 0.25) is 0 Å². The predicted octanol–water partition coefficient (Wildman–Crippen LogP) is 2.78. The molecule has 110 valence electrons. The van der Waals surface area contributed by atoms with Crippen LogP contribution in [0, 0.1) is 0 Å². The van der Waals surface area contributed by atoms with E-state index < -0.39 is 12.0 Å². The Labute approximate surface area is 127 Å². The molecule has 0 radical (unpaired) electrons. The number of carbonyl (C=O) groups is 2. The van der Waals surface area contributed by atoms with Gasteiger partial charge in [-0.1, -0.05) is 36.4 Å². The standard InChI is InChI=1S/C16H17NO3S/c1-21-10-9-14(16(19)20)17-15(18)13-8-4-6-11-5-2-3-7-12(11)13/h2-8,14H,9-10H2,1H3,(H,17,18)(H,19,20). The van der Waals surface area contributed by atoms with Crippen molar-refractivity contribution in [2.45, 2.75) is 12.5 Å². The van der Waals surface area contributed by atoms with Gasteiger partial charge in [0.1, 0.15) is 6.04 Å². The van der Waals surface area contributed by atoms with Crippen molar-refractivity contribution in [3.05, 3.63) is 48.0 Å². The van der Waals surface area contributed by atoms with Gasteiger partial charge in [-0.3, -0.25) is 4.79 Å². The highest BCUT2D eigenvalue weighted by atomic mass is 32.2. The van der Waals surface area contributed by atoms with Gasteiger partial charge in [-0.15, -0.1) is 0 Å². The van der Waals surface area contributed by atoms with E-state index in [1.165, 1.54) is 0 Å². The summed E-state index contributed by atoms with van der Waals surface area (Å²) in [4.78, 5) is 23.6. The summed E-state index contributed by atoms with van der Waals surface area (Å²) >= 11 is 1.56. The number of benzene rings is 2. The second-order valence-corrected chi connectivity index (χ2v) is 5.66. The minimum atomic E-state index is -1.00. The van der Waals surface area contributed by atoms with Crippen LogP contribution in [0.3, 0.4) is 0 Å². The van der Waals surface area contributed by atoms with Gasteiger partial charge < -0.3 is 10.4 Å². The highest BCUT2D eigenvalue weighted by Gasteiger charge is 2.20. The first-order valence-corrected chi connectivity index (χ1v) is 8.03. The van der Waals surface area contributed by atoms with E-state index in [0.717, 1.165) is 10.8 Å². The lowest BCUT2D eigenvalue weighted by atomic mass is 10.0. The average molecular weight is 303 g/mol. The van der Waals surface area contributed by atoms with Crippen LogP contribution < -0.4 is 5.32 Å². The SMILES string of the molecule is CSCCC(NC(=O)c1cccc2ccccc12)C(=O)O. The van der Waals surface area contributed by atoms with Crippen LogP contribution in [0.25, 0.3) is 10.8 Å². The van der Waals surface area contributed by atoms with Gasteiger partial charge in [-0.25, -0.2) is 4.79 Å². The Hall–Kier alpha value is -2.01. The fraction of sp³-hybridized carbons (Fsp3) is 0.250. The van der Waals surface area contributed by atoms with Crippen molar-refractivity contribution < 1.29 is 14.7 Å². The van der Waals surface area contributed by atoms with Gasteiger partial charge >= 0.3 is 5.97 Å². The van der Waals surface area contributed by atoms with Gasteiger partial charge in [-0.2, -0.15) is 11.8 Å². The summed E-state index contributed by atoms with van der Waals surface area (Å²) in [7, 11) is 0. The third kappa shape index (κ3) is 3.76. The van der Waals surface area contributed by atoms with E-state index in [9.17, 15) is 14.7 Å². The van der Waals surface area contributed by atoms with E-state index in [2.05, 4.69) is 5.32 Å². The maximum Gasteiger partial charge on any atom is 0.326 e. The Morgan fingerprint density at radius 1 is 1.19 bits per heavy atom. The van der Waals surface area contributed by atoms with Gasteiger partial charge in [0, 0.05) is 5.56 Å². The van der Waals surface area contributed by atoms with Crippen LogP contribution in [-0.4, -0.2) is 35.0 Å². The third-order valence-corrected chi connectivity index (χ3v) is 3.89. The van der Waals surface area contributed by atoms with E-state index in [-0.39, 0.29) is 5.91 Å². The molecule has 0 aliphatic heterocycles. The number of nitrogens with one attached hydrogen (secondary N) is 1. The van der Waals surface area contributed by atoms with Crippen LogP contribution in [-0.2, 0) is 4.79 Å². The molecule has 1 atom stereocenters. The third-order valence-electron chi connectivity index (χ3n) is 3.25. The molecule has 0 heterocycles. The number of hydrogen-bond donors (Lipinski definition) is 2. The second-order valence-electron chi connectivity index (χ2n) is 4.67. The lowest BCUT2D eigenvalue weighted by Crippen LogP contribution is -2.41. The molecular weight excluding hydrogens is 286 g/mol. The molecule has 1 amide bonds. The Kier molecular flexibility index (Phi) is 5.22. The minimum absolute atomic E-state index is 0.347. The normalized spacial score (nSPS) is 12.0. The van der Waals surface area contributed by atoms with Crippen LogP contribution in [0.4, 0.5) is 0 Å². The topological polar surface area (TPSA) is 66.4 Å². The molecule has 0 aliphatic rings. The number of fused-ring (bicyclic) bond motifs is 1. The Bertz CT molecular complexity index is 652. The smallest absolute Gasteiger partial charge is 0.326 e. The van der Waals surface area contributed by atoms with Crippen molar-refractivity contribution >= 4 is 34.4 Å². The van der Waals surface area contributed by atoms with Crippen LogP contribution in [0.5, 0.6) is 0 Å². The Morgan fingerprint density at radius 2 is 1.90 bits per heavy atom. The molecule has 0 saturated heterocycles. The molecule has 5 heteroatoms. The fourth-order valence-electron chi connectivity index (χ4n) is 2.15. The van der Waals surface area contributed by atoms with E-state index in [1.54, 1.807) is 23.9 Å². The van der Waals surface area contributed by atoms with Crippen molar-refractivity contribution in [3.8, 4) is 0 Å². The molecular formula is C16H17NO3S. The fourth-order valence-corrected chi connectivity index (χ4v) is 2.62. The number of hydrogen-bond acceptors (Lipinski definition) is 3. The maximum atomic E-state index is 12.4. The number of carboxylic acids is 1. The number of aliphatic carboxylic acids is 1. The molecule has 0 aliphatic carbocycles. The summed E-state index contributed by atoms with van der Waals surface area (Å²) in [5.41, 5.74) is 0.503. The monoisotopic (exact) mass is 303 g/mol. The Morgan fingerprint density at radius 3 is 2.62 bits per heavy atom. The maximum absolute atomic E-state index is 12.4. The zero-order valence-electron chi connectivity index (χ0n) is 11.7. The van der Waals surface area contributed by atoms with Gasteiger partial charge in [0.15, 0.2) is 0 Å². The molecule has 2 aromatic carbocycles. The quantitative estimate of drug-likeness (QED) is 0.861. The zero-order chi connectivity index (χ0) is 15.2. The first kappa shape index (κ1) is 15.4. The summed E-state index contributed by atoms with van der Waals surface area (Å²) in [6.45, 7) is 0. The summed E-state index contributed by atoms with van der Waals surface area (Å²) in [5, 5.41) is 13.6. The summed E-state index contributed by atoms with van der Waals surface area (Å²) < 4.78 is 0. The number of rotatable bonds is 6. The van der Waals surface area contributed by atoms with Gasteiger partial charge in [-0.05, 0) is 35.3 Å². The first-order valence-electron chi connectivity index (χ1n) is 6.64. The van der Waals surface area contributed by atoms with E-state index in [1.807, 2.05) is 36.6 Å². The number of thioether (sulfide) groups is 1. The van der Waals surface area contributed by atoms with Gasteiger partial charge in [0.25, 0.3) is 5.91 Å². The number of amides is 1. The summed E-state index contributed by atoms with van der Waals surface area (Å²) in [6, 6.07) is 12.1. The van der Waals surface area contributed by atoms with Gasteiger partial charge in [0.2, 0.25) is 0 Å². The number of carboxylic acid groups (broad SMARTS) is 1. The summed E-state index contributed by atoms with van der Waals surface area (Å²) in [6.07, 6.45) is 2.32. The van der Waals surface area contributed by atoms with E-state index >= 15 is 0 Å². The molecule has 0 fully saturated rings. The highest BCUT2D eigenvalue weighted by Crippen LogP contribution is 2.18. The summed E-state index contributed by atoms with van der Waals surface area (Å²) in [5.74, 6) is -0.662. The first-order chi connectivity index (χ1) is 10.1. The van der Waals surface area contributed by atoms with Crippen LogP contribution >= 0.6 is 11.8 Å². The molecule has 0 aromatic heterocycles. The second kappa shape index (κ2) is 7.13. The lowest BCUT2D eigenvalue weighted by Gasteiger charge is -2.15. The predicted molar refractivity (Wildman–Crippen MR) is 85.8 cm³/mol. The Balaban J connectivity index is 2.23. The van der Waals surface area contributed by atoms with Crippen LogP contribution in [0.15, 0.2) is 42.5 Å². The zero-order valence-corrected chi connectivity index (χ0v) is 12.5. The van der Waals surface area contributed by atoms with Crippen molar-refractivity contribution in [2.75, 3.05) is 12.0 Å².